The van der Waals surface area contributed by atoms with E-state index < -0.39 is 0 Å². The Hall–Kier alpha value is -0.680. The van der Waals surface area contributed by atoms with E-state index in [0.29, 0.717) is 11.8 Å². The number of aliphatic hydroxyl groups excluding tert-OH is 1. The zero-order valence-electron chi connectivity index (χ0n) is 10.9. The predicted octanol–water partition coefficient (Wildman–Crippen LogP) is 2.94. The smallest absolute Gasteiger partial charge is 0.134 e. The molecule has 4 nitrogen and oxygen atoms in total. The highest BCUT2D eigenvalue weighted by molar-refractivity contribution is 9.10. The third-order valence-corrected chi connectivity index (χ3v) is 3.80. The first-order valence-corrected chi connectivity index (χ1v) is 7.32. The normalized spacial score (nSPS) is 23.6. The number of aromatic nitrogens is 2. The molecule has 1 aliphatic carbocycles. The number of aliphatic hydroxyl groups is 1. The summed E-state index contributed by atoms with van der Waals surface area (Å²) in [7, 11) is 0. The van der Waals surface area contributed by atoms with Crippen molar-refractivity contribution < 1.29 is 5.11 Å². The quantitative estimate of drug-likeness (QED) is 0.839. The lowest BCUT2D eigenvalue weighted by atomic mass is 10.1. The second-order valence-electron chi connectivity index (χ2n) is 5.23. The van der Waals surface area contributed by atoms with Crippen molar-refractivity contribution >= 4 is 21.7 Å². The maximum Gasteiger partial charge on any atom is 0.134 e. The summed E-state index contributed by atoms with van der Waals surface area (Å²) in [6.45, 7) is 4.93. The summed E-state index contributed by atoms with van der Waals surface area (Å²) < 4.78 is 0.802. The van der Waals surface area contributed by atoms with Gasteiger partial charge in [0.25, 0.3) is 0 Å². The summed E-state index contributed by atoms with van der Waals surface area (Å²) in [5, 5.41) is 13.1. The molecule has 0 spiro atoms. The Labute approximate surface area is 116 Å². The summed E-state index contributed by atoms with van der Waals surface area (Å²) in [4.78, 5) is 8.83. The maximum atomic E-state index is 9.78. The molecule has 0 aromatic carbocycles. The molecule has 2 rings (SSSR count). The van der Waals surface area contributed by atoms with Gasteiger partial charge in [-0.2, -0.15) is 0 Å². The number of hydrogen-bond acceptors (Lipinski definition) is 4. The zero-order valence-corrected chi connectivity index (χ0v) is 12.4. The summed E-state index contributed by atoms with van der Waals surface area (Å²) >= 11 is 3.41. The number of hydrogen-bond donors (Lipinski definition) is 2. The SMILES string of the molecule is CC(C)c1nc(Br)cc(NCC2CCCC2O)n1. The van der Waals surface area contributed by atoms with Gasteiger partial charge in [-0.15, -0.1) is 0 Å². The van der Waals surface area contributed by atoms with Crippen molar-refractivity contribution in [1.82, 2.24) is 9.97 Å². The van der Waals surface area contributed by atoms with Crippen molar-refractivity contribution in [2.24, 2.45) is 5.92 Å². The average Bonchev–Trinajstić information content (AvgIpc) is 2.71. The molecule has 1 aliphatic rings. The number of nitrogens with zero attached hydrogens (tertiary/aromatic N) is 2. The lowest BCUT2D eigenvalue weighted by molar-refractivity contribution is 0.138. The van der Waals surface area contributed by atoms with Crippen LogP contribution < -0.4 is 5.32 Å². The molecular weight excluding hydrogens is 294 g/mol. The Bertz CT molecular complexity index is 411. The van der Waals surface area contributed by atoms with Crippen molar-refractivity contribution in [2.75, 3.05) is 11.9 Å². The van der Waals surface area contributed by atoms with Gasteiger partial charge in [0.15, 0.2) is 0 Å². The molecule has 0 bridgehead atoms. The van der Waals surface area contributed by atoms with Gasteiger partial charge >= 0.3 is 0 Å². The summed E-state index contributed by atoms with van der Waals surface area (Å²) in [6.07, 6.45) is 2.99. The van der Waals surface area contributed by atoms with E-state index >= 15 is 0 Å². The van der Waals surface area contributed by atoms with Crippen LogP contribution in [0.1, 0.15) is 44.9 Å². The molecule has 0 radical (unpaired) electrons. The van der Waals surface area contributed by atoms with Crippen LogP contribution in [-0.4, -0.2) is 27.7 Å². The van der Waals surface area contributed by atoms with Gasteiger partial charge < -0.3 is 10.4 Å². The molecule has 1 heterocycles. The van der Waals surface area contributed by atoms with Crippen LogP contribution in [0.15, 0.2) is 10.7 Å². The van der Waals surface area contributed by atoms with Crippen LogP contribution in [0.4, 0.5) is 5.82 Å². The zero-order chi connectivity index (χ0) is 13.1. The van der Waals surface area contributed by atoms with Crippen LogP contribution >= 0.6 is 15.9 Å². The molecule has 18 heavy (non-hydrogen) atoms. The highest BCUT2D eigenvalue weighted by Gasteiger charge is 2.24. The number of nitrogens with one attached hydrogen (secondary N) is 1. The van der Waals surface area contributed by atoms with E-state index in [1.807, 2.05) is 6.07 Å². The van der Waals surface area contributed by atoms with E-state index in [2.05, 4.69) is 45.1 Å². The van der Waals surface area contributed by atoms with Gasteiger partial charge in [-0.05, 0) is 28.8 Å². The monoisotopic (exact) mass is 313 g/mol. The number of rotatable bonds is 4. The fourth-order valence-corrected chi connectivity index (χ4v) is 2.67. The van der Waals surface area contributed by atoms with Crippen LogP contribution in [0.5, 0.6) is 0 Å². The Morgan fingerprint density at radius 3 is 2.83 bits per heavy atom. The van der Waals surface area contributed by atoms with Crippen LogP contribution in [0.25, 0.3) is 0 Å². The van der Waals surface area contributed by atoms with E-state index in [1.54, 1.807) is 0 Å². The second kappa shape index (κ2) is 5.97. The third kappa shape index (κ3) is 3.42. The summed E-state index contributed by atoms with van der Waals surface area (Å²) in [5.41, 5.74) is 0. The number of halogens is 1. The standard InChI is InChI=1S/C13H20BrN3O/c1-8(2)13-16-11(14)6-12(17-13)15-7-9-4-3-5-10(9)18/h6,8-10,18H,3-5,7H2,1-2H3,(H,15,16,17). The van der Waals surface area contributed by atoms with Crippen LogP contribution in [0.2, 0.25) is 0 Å². The molecule has 0 amide bonds. The highest BCUT2D eigenvalue weighted by atomic mass is 79.9. The molecule has 1 fully saturated rings. The summed E-state index contributed by atoms with van der Waals surface area (Å²) in [5.74, 6) is 2.32. The van der Waals surface area contributed by atoms with Crippen molar-refractivity contribution in [3.8, 4) is 0 Å². The lowest BCUT2D eigenvalue weighted by Crippen LogP contribution is -2.22. The van der Waals surface area contributed by atoms with Gasteiger partial charge in [0, 0.05) is 24.4 Å². The first-order valence-electron chi connectivity index (χ1n) is 6.52. The van der Waals surface area contributed by atoms with Crippen molar-refractivity contribution in [1.29, 1.82) is 0 Å². The maximum absolute atomic E-state index is 9.78. The number of anilines is 1. The van der Waals surface area contributed by atoms with E-state index in [1.165, 1.54) is 0 Å². The van der Waals surface area contributed by atoms with E-state index in [9.17, 15) is 5.11 Å². The minimum absolute atomic E-state index is 0.160. The molecule has 2 atom stereocenters. The van der Waals surface area contributed by atoms with E-state index in [4.69, 9.17) is 0 Å². The molecule has 1 saturated carbocycles. The van der Waals surface area contributed by atoms with Crippen LogP contribution in [0, 0.1) is 5.92 Å². The second-order valence-corrected chi connectivity index (χ2v) is 6.04. The van der Waals surface area contributed by atoms with Gasteiger partial charge in [-0.1, -0.05) is 20.3 Å². The fourth-order valence-electron chi connectivity index (χ4n) is 2.27. The minimum atomic E-state index is -0.160. The summed E-state index contributed by atoms with van der Waals surface area (Å²) in [6, 6.07) is 1.88. The molecule has 1 aromatic heterocycles. The topological polar surface area (TPSA) is 58.0 Å². The molecule has 100 valence electrons. The van der Waals surface area contributed by atoms with E-state index in [0.717, 1.165) is 42.1 Å². The third-order valence-electron chi connectivity index (χ3n) is 3.39. The largest absolute Gasteiger partial charge is 0.393 e. The van der Waals surface area contributed by atoms with E-state index in [-0.39, 0.29) is 6.10 Å². The fraction of sp³-hybridized carbons (Fsp3) is 0.692. The Morgan fingerprint density at radius 1 is 1.44 bits per heavy atom. The molecule has 0 aliphatic heterocycles. The van der Waals surface area contributed by atoms with Gasteiger partial charge in [0.05, 0.1) is 6.10 Å². The molecular formula is C13H20BrN3O. The average molecular weight is 314 g/mol. The molecule has 1 aromatic rings. The Balaban J connectivity index is 2.00. The first kappa shape index (κ1) is 13.7. The Morgan fingerprint density at radius 2 is 2.22 bits per heavy atom. The lowest BCUT2D eigenvalue weighted by Gasteiger charge is -2.16. The molecule has 2 unspecified atom stereocenters. The van der Waals surface area contributed by atoms with Crippen molar-refractivity contribution in [3.63, 3.8) is 0 Å². The van der Waals surface area contributed by atoms with Gasteiger partial charge in [0.1, 0.15) is 16.2 Å². The molecule has 5 heteroatoms. The predicted molar refractivity (Wildman–Crippen MR) is 75.7 cm³/mol. The highest BCUT2D eigenvalue weighted by Crippen LogP contribution is 2.26. The van der Waals surface area contributed by atoms with Crippen LogP contribution in [-0.2, 0) is 0 Å². The van der Waals surface area contributed by atoms with Gasteiger partial charge in [0.2, 0.25) is 0 Å². The minimum Gasteiger partial charge on any atom is -0.393 e. The van der Waals surface area contributed by atoms with Crippen molar-refractivity contribution in [3.05, 3.63) is 16.5 Å². The van der Waals surface area contributed by atoms with Gasteiger partial charge in [-0.3, -0.25) is 0 Å². The van der Waals surface area contributed by atoms with Gasteiger partial charge in [-0.25, -0.2) is 9.97 Å². The molecule has 0 saturated heterocycles. The Kier molecular flexibility index (Phi) is 4.56. The first-order chi connectivity index (χ1) is 8.56. The van der Waals surface area contributed by atoms with Crippen LogP contribution in [0.3, 0.4) is 0 Å². The van der Waals surface area contributed by atoms with Crippen molar-refractivity contribution in [2.45, 2.75) is 45.1 Å². The molecule has 2 N–H and O–H groups in total.